The molecular weight excluding hydrogens is 260 g/mol. The molecule has 0 amide bonds. The van der Waals surface area contributed by atoms with Gasteiger partial charge in [-0.3, -0.25) is 14.9 Å². The van der Waals surface area contributed by atoms with E-state index < -0.39 is 0 Å². The summed E-state index contributed by atoms with van der Waals surface area (Å²) in [5.41, 5.74) is 3.61. The number of pyridine rings is 2. The molecule has 0 radical (unpaired) electrons. The Bertz CT molecular complexity index is 562. The molecule has 3 heterocycles. The van der Waals surface area contributed by atoms with Crippen molar-refractivity contribution in [1.29, 1.82) is 0 Å². The Morgan fingerprint density at radius 1 is 1.14 bits per heavy atom. The number of aryl methyl sites for hydroxylation is 1. The lowest BCUT2D eigenvalue weighted by molar-refractivity contribution is 0.236. The molecule has 1 fully saturated rings. The molecule has 21 heavy (non-hydrogen) atoms. The first-order valence-corrected chi connectivity index (χ1v) is 7.62. The Morgan fingerprint density at radius 3 is 2.86 bits per heavy atom. The molecule has 1 aliphatic heterocycles. The Labute approximate surface area is 126 Å². The van der Waals surface area contributed by atoms with E-state index in [4.69, 9.17) is 0 Å². The van der Waals surface area contributed by atoms with Crippen LogP contribution in [0.5, 0.6) is 0 Å². The topological polar surface area (TPSA) is 41.1 Å². The standard InChI is InChI=1S/C17H22N4/c1-14-5-2-9-20-16(14)17(15-6-3-7-19-13-15)21-11-4-8-18-10-12-21/h2-3,5-7,9,13,17-18H,4,8,10-12H2,1H3. The first-order chi connectivity index (χ1) is 10.4. The third-order valence-electron chi connectivity index (χ3n) is 4.05. The zero-order chi connectivity index (χ0) is 14.5. The van der Waals surface area contributed by atoms with E-state index in [1.807, 2.05) is 30.7 Å². The number of hydrogen-bond acceptors (Lipinski definition) is 4. The highest BCUT2D eigenvalue weighted by Crippen LogP contribution is 2.29. The summed E-state index contributed by atoms with van der Waals surface area (Å²) < 4.78 is 0. The maximum Gasteiger partial charge on any atom is 0.0794 e. The molecule has 0 aromatic carbocycles. The largest absolute Gasteiger partial charge is 0.315 e. The van der Waals surface area contributed by atoms with Crippen LogP contribution in [0.3, 0.4) is 0 Å². The van der Waals surface area contributed by atoms with Crippen LogP contribution in [-0.4, -0.2) is 41.0 Å². The lowest BCUT2D eigenvalue weighted by atomic mass is 9.99. The van der Waals surface area contributed by atoms with Crippen molar-refractivity contribution < 1.29 is 0 Å². The van der Waals surface area contributed by atoms with Gasteiger partial charge in [-0.05, 0) is 43.1 Å². The highest BCUT2D eigenvalue weighted by Gasteiger charge is 2.25. The normalized spacial score (nSPS) is 18.1. The Hall–Kier alpha value is -1.78. The number of hydrogen-bond donors (Lipinski definition) is 1. The van der Waals surface area contributed by atoms with Crippen molar-refractivity contribution in [3.8, 4) is 0 Å². The van der Waals surface area contributed by atoms with E-state index in [0.717, 1.165) is 31.9 Å². The number of nitrogens with zero attached hydrogens (tertiary/aromatic N) is 3. The Morgan fingerprint density at radius 2 is 2.05 bits per heavy atom. The fourth-order valence-electron chi connectivity index (χ4n) is 2.99. The smallest absolute Gasteiger partial charge is 0.0794 e. The van der Waals surface area contributed by atoms with Crippen LogP contribution < -0.4 is 5.32 Å². The molecule has 1 unspecified atom stereocenters. The van der Waals surface area contributed by atoms with Crippen LogP contribution >= 0.6 is 0 Å². The first kappa shape index (κ1) is 14.2. The number of nitrogens with one attached hydrogen (secondary N) is 1. The number of rotatable bonds is 3. The van der Waals surface area contributed by atoms with E-state index in [2.05, 4.69) is 39.2 Å². The molecule has 4 heteroatoms. The summed E-state index contributed by atoms with van der Waals surface area (Å²) in [6.45, 7) is 6.39. The van der Waals surface area contributed by atoms with Crippen molar-refractivity contribution in [1.82, 2.24) is 20.2 Å². The molecule has 0 spiro atoms. The summed E-state index contributed by atoms with van der Waals surface area (Å²) in [6.07, 6.45) is 6.86. The minimum absolute atomic E-state index is 0.194. The lowest BCUT2D eigenvalue weighted by Crippen LogP contribution is -2.34. The van der Waals surface area contributed by atoms with Gasteiger partial charge in [0.05, 0.1) is 11.7 Å². The summed E-state index contributed by atoms with van der Waals surface area (Å²) in [4.78, 5) is 11.5. The lowest BCUT2D eigenvalue weighted by Gasteiger charge is -2.31. The zero-order valence-corrected chi connectivity index (χ0v) is 12.5. The quantitative estimate of drug-likeness (QED) is 0.937. The maximum absolute atomic E-state index is 4.67. The van der Waals surface area contributed by atoms with Crippen molar-refractivity contribution in [2.45, 2.75) is 19.4 Å². The second kappa shape index (κ2) is 6.78. The van der Waals surface area contributed by atoms with E-state index >= 15 is 0 Å². The fourth-order valence-corrected chi connectivity index (χ4v) is 2.99. The van der Waals surface area contributed by atoms with Crippen LogP contribution in [-0.2, 0) is 0 Å². The van der Waals surface area contributed by atoms with Crippen LogP contribution in [0.2, 0.25) is 0 Å². The molecule has 0 saturated carbocycles. The average molecular weight is 282 g/mol. The maximum atomic E-state index is 4.67. The predicted molar refractivity (Wildman–Crippen MR) is 84.1 cm³/mol. The van der Waals surface area contributed by atoms with Gasteiger partial charge in [-0.1, -0.05) is 12.1 Å². The molecule has 2 aromatic rings. The summed E-state index contributed by atoms with van der Waals surface area (Å²) in [7, 11) is 0. The minimum Gasteiger partial charge on any atom is -0.315 e. The van der Waals surface area contributed by atoms with Crippen LogP contribution in [0, 0.1) is 6.92 Å². The van der Waals surface area contributed by atoms with Gasteiger partial charge in [-0.15, -0.1) is 0 Å². The molecule has 3 rings (SSSR count). The van der Waals surface area contributed by atoms with Crippen molar-refractivity contribution >= 4 is 0 Å². The first-order valence-electron chi connectivity index (χ1n) is 7.62. The van der Waals surface area contributed by atoms with Crippen LogP contribution in [0.1, 0.15) is 29.3 Å². The van der Waals surface area contributed by atoms with E-state index in [9.17, 15) is 0 Å². The molecule has 1 N–H and O–H groups in total. The van der Waals surface area contributed by atoms with Gasteiger partial charge in [0.15, 0.2) is 0 Å². The van der Waals surface area contributed by atoms with Gasteiger partial charge < -0.3 is 5.32 Å². The van der Waals surface area contributed by atoms with Crippen molar-refractivity contribution in [2.24, 2.45) is 0 Å². The van der Waals surface area contributed by atoms with Gasteiger partial charge in [-0.25, -0.2) is 0 Å². The van der Waals surface area contributed by atoms with E-state index in [0.29, 0.717) is 0 Å². The molecule has 2 aromatic heterocycles. The second-order valence-corrected chi connectivity index (χ2v) is 5.53. The summed E-state index contributed by atoms with van der Waals surface area (Å²) in [5.74, 6) is 0. The highest BCUT2D eigenvalue weighted by molar-refractivity contribution is 5.30. The molecule has 0 aliphatic carbocycles. The summed E-state index contributed by atoms with van der Waals surface area (Å²) in [5, 5.41) is 3.47. The monoisotopic (exact) mass is 282 g/mol. The van der Waals surface area contributed by atoms with E-state index in [1.165, 1.54) is 17.5 Å². The van der Waals surface area contributed by atoms with Gasteiger partial charge >= 0.3 is 0 Å². The summed E-state index contributed by atoms with van der Waals surface area (Å²) >= 11 is 0. The third kappa shape index (κ3) is 3.28. The molecule has 1 aliphatic rings. The van der Waals surface area contributed by atoms with Gasteiger partial charge in [0, 0.05) is 38.2 Å². The van der Waals surface area contributed by atoms with E-state index in [-0.39, 0.29) is 6.04 Å². The van der Waals surface area contributed by atoms with Crippen LogP contribution in [0.4, 0.5) is 0 Å². The minimum atomic E-state index is 0.194. The molecule has 1 saturated heterocycles. The van der Waals surface area contributed by atoms with E-state index in [1.54, 1.807) is 0 Å². The predicted octanol–water partition coefficient (Wildman–Crippen LogP) is 2.17. The third-order valence-corrected chi connectivity index (χ3v) is 4.05. The molecule has 0 bridgehead atoms. The fraction of sp³-hybridized carbons (Fsp3) is 0.412. The van der Waals surface area contributed by atoms with Gasteiger partial charge in [0.1, 0.15) is 0 Å². The van der Waals surface area contributed by atoms with Crippen LogP contribution in [0.15, 0.2) is 42.9 Å². The SMILES string of the molecule is Cc1cccnc1C(c1cccnc1)N1CCCNCC1. The molecule has 110 valence electrons. The molecule has 1 atom stereocenters. The average Bonchev–Trinajstić information content (AvgIpc) is 2.80. The van der Waals surface area contributed by atoms with Gasteiger partial charge in [0.2, 0.25) is 0 Å². The second-order valence-electron chi connectivity index (χ2n) is 5.53. The zero-order valence-electron chi connectivity index (χ0n) is 12.5. The van der Waals surface area contributed by atoms with Crippen molar-refractivity contribution in [2.75, 3.05) is 26.2 Å². The van der Waals surface area contributed by atoms with Gasteiger partial charge in [0.25, 0.3) is 0 Å². The summed E-state index contributed by atoms with van der Waals surface area (Å²) in [6, 6.07) is 8.51. The van der Waals surface area contributed by atoms with Gasteiger partial charge in [-0.2, -0.15) is 0 Å². The Kier molecular flexibility index (Phi) is 4.58. The molecule has 4 nitrogen and oxygen atoms in total. The van der Waals surface area contributed by atoms with Crippen molar-refractivity contribution in [3.63, 3.8) is 0 Å². The van der Waals surface area contributed by atoms with Crippen LogP contribution in [0.25, 0.3) is 0 Å². The molecular formula is C17H22N4. The highest BCUT2D eigenvalue weighted by atomic mass is 15.2. The number of aromatic nitrogens is 2. The Balaban J connectivity index is 2.00. The van der Waals surface area contributed by atoms with Crippen molar-refractivity contribution in [3.05, 3.63) is 59.7 Å².